The van der Waals surface area contributed by atoms with Gasteiger partial charge in [-0.2, -0.15) is 0 Å². The zero-order valence-corrected chi connectivity index (χ0v) is 16.2. The van der Waals surface area contributed by atoms with E-state index in [1.54, 1.807) is 27.3 Å². The number of fused-ring (bicyclic) bond motifs is 1. The molecule has 1 fully saturated rings. The van der Waals surface area contributed by atoms with Crippen LogP contribution in [0.25, 0.3) is 11.0 Å². The highest BCUT2D eigenvalue weighted by Crippen LogP contribution is 2.25. The number of aromatic nitrogens is 3. The van der Waals surface area contributed by atoms with Crippen molar-refractivity contribution in [1.82, 2.24) is 19.0 Å². The first-order valence-electron chi connectivity index (χ1n) is 9.00. The van der Waals surface area contributed by atoms with Gasteiger partial charge < -0.3 is 14.5 Å². The molecule has 0 bridgehead atoms. The quantitative estimate of drug-likeness (QED) is 0.816. The molecule has 0 unspecified atom stereocenters. The Morgan fingerprint density at radius 3 is 2.46 bits per heavy atom. The zero-order valence-electron chi connectivity index (χ0n) is 16.2. The molecule has 0 radical (unpaired) electrons. The first-order chi connectivity index (χ1) is 12.2. The fourth-order valence-electron chi connectivity index (χ4n) is 3.29. The van der Waals surface area contributed by atoms with Gasteiger partial charge in [-0.05, 0) is 33.8 Å². The third kappa shape index (κ3) is 3.27. The summed E-state index contributed by atoms with van der Waals surface area (Å²) in [5, 5.41) is 0. The lowest BCUT2D eigenvalue weighted by molar-refractivity contribution is 0.0240. The lowest BCUT2D eigenvalue weighted by atomic mass is 10.2. The maximum absolute atomic E-state index is 12.4. The average molecular weight is 361 g/mol. The van der Waals surface area contributed by atoms with E-state index < -0.39 is 5.60 Å². The van der Waals surface area contributed by atoms with Crippen molar-refractivity contribution in [3.05, 3.63) is 22.7 Å². The molecule has 0 atom stereocenters. The molecule has 1 saturated heterocycles. The number of amides is 1. The molecule has 0 aliphatic carbocycles. The lowest BCUT2D eigenvalue weighted by Crippen LogP contribution is -2.50. The third-order valence-corrected chi connectivity index (χ3v) is 4.58. The van der Waals surface area contributed by atoms with Crippen LogP contribution in [0.3, 0.4) is 0 Å². The molecule has 3 rings (SSSR count). The number of rotatable bonds is 2. The van der Waals surface area contributed by atoms with E-state index in [1.165, 1.54) is 0 Å². The number of carbonyl (C=O) groups excluding carboxylic acids is 1. The number of aryl methyl sites for hydroxylation is 2. The summed E-state index contributed by atoms with van der Waals surface area (Å²) < 4.78 is 8.85. The summed E-state index contributed by atoms with van der Waals surface area (Å²) in [6.45, 7) is 10.6. The number of carbonyl (C=O) groups is 1. The molecule has 1 aliphatic heterocycles. The second kappa shape index (κ2) is 6.66. The Hall–Kier alpha value is -2.51. The minimum atomic E-state index is -0.497. The molecule has 0 aromatic carbocycles. The monoisotopic (exact) mass is 361 g/mol. The highest BCUT2D eigenvalue weighted by molar-refractivity contribution is 5.87. The van der Waals surface area contributed by atoms with Crippen molar-refractivity contribution >= 4 is 22.9 Å². The van der Waals surface area contributed by atoms with E-state index in [4.69, 9.17) is 4.74 Å². The smallest absolute Gasteiger partial charge is 0.410 e. The molecule has 8 heteroatoms. The fourth-order valence-corrected chi connectivity index (χ4v) is 3.29. The molecule has 142 valence electrons. The number of nitrogens with zero attached hydrogens (tertiary/aromatic N) is 5. The van der Waals surface area contributed by atoms with E-state index in [0.717, 1.165) is 16.9 Å². The van der Waals surface area contributed by atoms with Gasteiger partial charge in [0.15, 0.2) is 5.82 Å². The molecule has 0 N–H and O–H groups in total. The van der Waals surface area contributed by atoms with E-state index in [2.05, 4.69) is 9.88 Å². The first-order valence-corrected chi connectivity index (χ1v) is 9.00. The van der Waals surface area contributed by atoms with Crippen LogP contribution in [0, 0.1) is 0 Å². The molecule has 26 heavy (non-hydrogen) atoms. The Kier molecular flexibility index (Phi) is 4.68. The molecule has 1 amide bonds. The fraction of sp³-hybridized carbons (Fsp3) is 0.611. The maximum Gasteiger partial charge on any atom is 0.410 e. The molecule has 0 saturated carbocycles. The highest BCUT2D eigenvalue weighted by atomic mass is 16.6. The Bertz CT molecular complexity index is 869. The van der Waals surface area contributed by atoms with Gasteiger partial charge in [-0.1, -0.05) is 0 Å². The molecule has 1 aliphatic rings. The van der Waals surface area contributed by atoms with Gasteiger partial charge in [0, 0.05) is 46.0 Å². The molecule has 2 aromatic heterocycles. The zero-order chi connectivity index (χ0) is 19.1. The summed E-state index contributed by atoms with van der Waals surface area (Å²) in [5.74, 6) is 0.797. The van der Waals surface area contributed by atoms with Gasteiger partial charge in [-0.3, -0.25) is 9.13 Å². The van der Waals surface area contributed by atoms with Gasteiger partial charge in [0.25, 0.3) is 0 Å². The van der Waals surface area contributed by atoms with Gasteiger partial charge in [-0.25, -0.2) is 14.6 Å². The van der Waals surface area contributed by atoms with Crippen LogP contribution < -0.4 is 10.6 Å². The maximum atomic E-state index is 12.4. The topological polar surface area (TPSA) is 72.6 Å². The number of ether oxygens (including phenoxy) is 1. The van der Waals surface area contributed by atoms with E-state index in [0.29, 0.717) is 32.7 Å². The van der Waals surface area contributed by atoms with Gasteiger partial charge in [0.05, 0.1) is 5.52 Å². The average Bonchev–Trinajstić information content (AvgIpc) is 2.84. The minimum Gasteiger partial charge on any atom is -0.444 e. The number of pyridine rings is 1. The van der Waals surface area contributed by atoms with E-state index in [1.807, 2.05) is 33.8 Å². The molecule has 8 nitrogen and oxygen atoms in total. The highest BCUT2D eigenvalue weighted by Gasteiger charge is 2.28. The Morgan fingerprint density at radius 2 is 1.88 bits per heavy atom. The van der Waals surface area contributed by atoms with Crippen LogP contribution in [0.4, 0.5) is 10.6 Å². The predicted molar refractivity (Wildman–Crippen MR) is 101 cm³/mol. The van der Waals surface area contributed by atoms with Gasteiger partial charge in [0.1, 0.15) is 11.1 Å². The van der Waals surface area contributed by atoms with Gasteiger partial charge in [0.2, 0.25) is 0 Å². The minimum absolute atomic E-state index is 0.0378. The largest absolute Gasteiger partial charge is 0.444 e. The second-order valence-electron chi connectivity index (χ2n) is 7.54. The van der Waals surface area contributed by atoms with E-state index in [-0.39, 0.29) is 11.8 Å². The molecule has 2 aromatic rings. The predicted octanol–water partition coefficient (Wildman–Crippen LogP) is 1.81. The van der Waals surface area contributed by atoms with Crippen LogP contribution in [0.5, 0.6) is 0 Å². The van der Waals surface area contributed by atoms with Crippen molar-refractivity contribution in [2.45, 2.75) is 39.8 Å². The number of anilines is 1. The summed E-state index contributed by atoms with van der Waals surface area (Å²) in [6.07, 6.45) is 1.45. The molecular formula is C18H27N5O3. The first kappa shape index (κ1) is 18.3. The summed E-state index contributed by atoms with van der Waals surface area (Å²) in [7, 11) is 1.78. The summed E-state index contributed by atoms with van der Waals surface area (Å²) >= 11 is 0. The normalized spacial score (nSPS) is 15.6. The van der Waals surface area contributed by atoms with Crippen LogP contribution in [0.15, 0.2) is 17.1 Å². The van der Waals surface area contributed by atoms with Crippen molar-refractivity contribution < 1.29 is 9.53 Å². The van der Waals surface area contributed by atoms with Crippen molar-refractivity contribution in [3.63, 3.8) is 0 Å². The molecular weight excluding hydrogens is 334 g/mol. The summed E-state index contributed by atoms with van der Waals surface area (Å²) in [4.78, 5) is 33.1. The number of hydrogen-bond donors (Lipinski definition) is 0. The van der Waals surface area contributed by atoms with E-state index in [9.17, 15) is 9.59 Å². The number of hydrogen-bond acceptors (Lipinski definition) is 5. The number of piperazine rings is 1. The van der Waals surface area contributed by atoms with Crippen molar-refractivity contribution in [3.8, 4) is 0 Å². The van der Waals surface area contributed by atoms with Crippen molar-refractivity contribution in [1.29, 1.82) is 0 Å². The Morgan fingerprint density at radius 1 is 1.23 bits per heavy atom. The van der Waals surface area contributed by atoms with E-state index >= 15 is 0 Å². The number of imidazole rings is 1. The van der Waals surface area contributed by atoms with Crippen LogP contribution in [-0.4, -0.2) is 56.9 Å². The molecule has 3 heterocycles. The summed E-state index contributed by atoms with van der Waals surface area (Å²) in [5.41, 5.74) is 1.19. The third-order valence-electron chi connectivity index (χ3n) is 4.58. The van der Waals surface area contributed by atoms with Crippen molar-refractivity contribution in [2.75, 3.05) is 31.1 Å². The molecule has 0 spiro atoms. The summed E-state index contributed by atoms with van der Waals surface area (Å²) in [6, 6.07) is 1.86. The van der Waals surface area contributed by atoms with Crippen LogP contribution in [0.1, 0.15) is 27.7 Å². The van der Waals surface area contributed by atoms with Gasteiger partial charge >= 0.3 is 11.8 Å². The van der Waals surface area contributed by atoms with Crippen LogP contribution >= 0.6 is 0 Å². The lowest BCUT2D eigenvalue weighted by Gasteiger charge is -2.36. The van der Waals surface area contributed by atoms with Crippen LogP contribution in [-0.2, 0) is 18.3 Å². The Labute approximate surface area is 153 Å². The standard InChI is InChI=1S/C18H27N5O3/c1-6-23-14-13(20(5)16(23)24)7-8-19-15(14)21-9-11-22(12-10-21)17(25)26-18(2,3)4/h7-8H,6,9-12H2,1-5H3. The van der Waals surface area contributed by atoms with Crippen molar-refractivity contribution in [2.24, 2.45) is 7.05 Å². The second-order valence-corrected chi connectivity index (χ2v) is 7.54. The Balaban J connectivity index is 1.83. The SMILES string of the molecule is CCn1c(=O)n(C)c2ccnc(N3CCN(C(=O)OC(C)(C)C)CC3)c21. The van der Waals surface area contributed by atoms with Gasteiger partial charge in [-0.15, -0.1) is 0 Å². The van der Waals surface area contributed by atoms with Crippen LogP contribution in [0.2, 0.25) is 0 Å².